The lowest BCUT2D eigenvalue weighted by Crippen LogP contribution is -2.31. The van der Waals surface area contributed by atoms with Crippen LogP contribution in [0.1, 0.15) is 11.1 Å². The van der Waals surface area contributed by atoms with E-state index in [0.717, 1.165) is 5.56 Å². The summed E-state index contributed by atoms with van der Waals surface area (Å²) in [7, 11) is 0. The van der Waals surface area contributed by atoms with Crippen molar-refractivity contribution in [1.29, 1.82) is 0 Å². The van der Waals surface area contributed by atoms with Crippen LogP contribution in [0.25, 0.3) is 0 Å². The van der Waals surface area contributed by atoms with Crippen LogP contribution >= 0.6 is 11.6 Å². The normalized spacial score (nSPS) is 10.3. The highest BCUT2D eigenvalue weighted by Gasteiger charge is 2.10. The molecule has 0 bridgehead atoms. The van der Waals surface area contributed by atoms with Crippen LogP contribution in [0.3, 0.4) is 0 Å². The zero-order chi connectivity index (χ0) is 14.5. The summed E-state index contributed by atoms with van der Waals surface area (Å²) in [5.74, 6) is 5.17. The number of carbonyl (C=O) groups is 1. The van der Waals surface area contributed by atoms with E-state index in [4.69, 9.17) is 22.6 Å². The highest BCUT2D eigenvalue weighted by molar-refractivity contribution is 6.30. The van der Waals surface area contributed by atoms with E-state index in [1.807, 2.05) is 24.3 Å². The van der Waals surface area contributed by atoms with Gasteiger partial charge in [0.2, 0.25) is 0 Å². The van der Waals surface area contributed by atoms with E-state index in [0.29, 0.717) is 22.8 Å². The number of para-hydroxylation sites is 1. The first-order valence-corrected chi connectivity index (χ1v) is 6.50. The molecule has 0 unspecified atom stereocenters. The third-order valence-corrected chi connectivity index (χ3v) is 3.16. The Balaban J connectivity index is 2.18. The van der Waals surface area contributed by atoms with Gasteiger partial charge in [0.1, 0.15) is 0 Å². The number of halogens is 1. The zero-order valence-electron chi connectivity index (χ0n) is 10.8. The van der Waals surface area contributed by atoms with Gasteiger partial charge in [0.25, 0.3) is 0 Å². The summed E-state index contributed by atoms with van der Waals surface area (Å²) >= 11 is 5.84. The van der Waals surface area contributed by atoms with Crippen molar-refractivity contribution in [2.45, 2.75) is 13.0 Å². The molecule has 104 valence electrons. The maximum Gasteiger partial charge on any atom is 0.307 e. The van der Waals surface area contributed by atoms with Crippen LogP contribution in [0.4, 0.5) is 5.69 Å². The number of hydrogen-bond acceptors (Lipinski definition) is 3. The van der Waals surface area contributed by atoms with Gasteiger partial charge in [0.15, 0.2) is 0 Å². The molecule has 3 N–H and O–H groups in total. The van der Waals surface area contributed by atoms with Gasteiger partial charge in [-0.3, -0.25) is 4.79 Å². The number of nitrogens with two attached hydrogens (primary N) is 1. The molecule has 0 radical (unpaired) electrons. The number of nitrogens with zero attached hydrogens (tertiary/aromatic N) is 1. The maximum absolute atomic E-state index is 10.9. The average Bonchev–Trinajstić information content (AvgIpc) is 2.41. The number of carboxylic acid groups (broad SMARTS) is 1. The number of anilines is 1. The molecule has 5 heteroatoms. The predicted octanol–water partition coefficient (Wildman–Crippen LogP) is 2.85. The Kier molecular flexibility index (Phi) is 4.61. The van der Waals surface area contributed by atoms with Gasteiger partial charge in [-0.1, -0.05) is 41.9 Å². The van der Waals surface area contributed by atoms with E-state index in [9.17, 15) is 4.79 Å². The number of carboxylic acids is 1. The van der Waals surface area contributed by atoms with Gasteiger partial charge in [-0.2, -0.15) is 0 Å². The Hall–Kier alpha value is -2.04. The molecule has 20 heavy (non-hydrogen) atoms. The van der Waals surface area contributed by atoms with Crippen LogP contribution in [-0.4, -0.2) is 11.1 Å². The van der Waals surface area contributed by atoms with Crippen molar-refractivity contribution in [2.24, 2.45) is 5.84 Å². The van der Waals surface area contributed by atoms with Crippen LogP contribution in [0.2, 0.25) is 5.02 Å². The molecule has 0 aliphatic heterocycles. The molecular weight excluding hydrogens is 276 g/mol. The predicted molar refractivity (Wildman–Crippen MR) is 79.6 cm³/mol. The van der Waals surface area contributed by atoms with Crippen molar-refractivity contribution >= 4 is 23.3 Å². The van der Waals surface area contributed by atoms with Crippen molar-refractivity contribution in [3.63, 3.8) is 0 Å². The molecule has 0 saturated heterocycles. The van der Waals surface area contributed by atoms with Crippen LogP contribution in [0.15, 0.2) is 48.5 Å². The molecule has 0 atom stereocenters. The lowest BCUT2D eigenvalue weighted by molar-refractivity contribution is -0.136. The molecule has 2 rings (SSSR count). The molecule has 0 aliphatic rings. The second-order valence-electron chi connectivity index (χ2n) is 4.45. The Morgan fingerprint density at radius 3 is 2.45 bits per heavy atom. The Bertz CT molecular complexity index is 599. The SMILES string of the molecule is NN(Cc1ccc(Cl)cc1)c1ccccc1CC(=O)O. The van der Waals surface area contributed by atoms with Crippen molar-refractivity contribution in [3.05, 3.63) is 64.7 Å². The number of rotatable bonds is 5. The third kappa shape index (κ3) is 3.73. The van der Waals surface area contributed by atoms with Crippen LogP contribution in [-0.2, 0) is 17.8 Å². The van der Waals surface area contributed by atoms with E-state index in [1.54, 1.807) is 29.3 Å². The fourth-order valence-corrected chi connectivity index (χ4v) is 2.10. The molecule has 2 aromatic rings. The van der Waals surface area contributed by atoms with Crippen LogP contribution in [0, 0.1) is 0 Å². The standard InChI is InChI=1S/C15H15ClN2O2/c16-13-7-5-11(6-8-13)10-18(17)14-4-2-1-3-12(14)9-15(19)20/h1-8H,9-10,17H2,(H,19,20). The van der Waals surface area contributed by atoms with Crippen molar-refractivity contribution in [3.8, 4) is 0 Å². The first-order chi connectivity index (χ1) is 9.56. The van der Waals surface area contributed by atoms with Crippen LogP contribution in [0.5, 0.6) is 0 Å². The third-order valence-electron chi connectivity index (χ3n) is 2.91. The molecular formula is C15H15ClN2O2. The molecule has 0 amide bonds. The van der Waals surface area contributed by atoms with E-state index < -0.39 is 5.97 Å². The van der Waals surface area contributed by atoms with E-state index >= 15 is 0 Å². The van der Waals surface area contributed by atoms with Gasteiger partial charge in [-0.25, -0.2) is 5.84 Å². The summed E-state index contributed by atoms with van der Waals surface area (Å²) in [6.45, 7) is 0.480. The Labute approximate surface area is 122 Å². The summed E-state index contributed by atoms with van der Waals surface area (Å²) in [5.41, 5.74) is 2.41. The lowest BCUT2D eigenvalue weighted by atomic mass is 10.1. The fraction of sp³-hybridized carbons (Fsp3) is 0.133. The molecule has 0 fully saturated rings. The number of aliphatic carboxylic acids is 1. The van der Waals surface area contributed by atoms with E-state index in [2.05, 4.69) is 0 Å². The largest absolute Gasteiger partial charge is 0.481 e. The first kappa shape index (κ1) is 14.4. The summed E-state index contributed by atoms with van der Waals surface area (Å²) in [4.78, 5) is 10.9. The minimum Gasteiger partial charge on any atom is -0.481 e. The molecule has 4 nitrogen and oxygen atoms in total. The quantitative estimate of drug-likeness (QED) is 0.656. The smallest absolute Gasteiger partial charge is 0.307 e. The minimum atomic E-state index is -0.877. The Morgan fingerprint density at radius 1 is 1.15 bits per heavy atom. The van der Waals surface area contributed by atoms with Gasteiger partial charge < -0.3 is 10.1 Å². The van der Waals surface area contributed by atoms with Gasteiger partial charge in [-0.05, 0) is 29.3 Å². The highest BCUT2D eigenvalue weighted by Crippen LogP contribution is 2.21. The summed E-state index contributed by atoms with van der Waals surface area (Å²) in [5, 5.41) is 11.1. The minimum absolute atomic E-state index is 0.0511. The molecule has 0 heterocycles. The number of hydrogen-bond donors (Lipinski definition) is 2. The van der Waals surface area contributed by atoms with E-state index in [-0.39, 0.29) is 6.42 Å². The summed E-state index contributed by atoms with van der Waals surface area (Å²) in [6.07, 6.45) is -0.0511. The summed E-state index contributed by atoms with van der Waals surface area (Å²) < 4.78 is 0. The molecule has 0 saturated carbocycles. The fourth-order valence-electron chi connectivity index (χ4n) is 1.98. The second-order valence-corrected chi connectivity index (χ2v) is 4.89. The van der Waals surface area contributed by atoms with Crippen molar-refractivity contribution in [2.75, 3.05) is 5.01 Å². The second kappa shape index (κ2) is 6.41. The highest BCUT2D eigenvalue weighted by atomic mass is 35.5. The van der Waals surface area contributed by atoms with Crippen LogP contribution < -0.4 is 10.9 Å². The monoisotopic (exact) mass is 290 g/mol. The Morgan fingerprint density at radius 2 is 1.80 bits per heavy atom. The van der Waals surface area contributed by atoms with Gasteiger partial charge in [-0.15, -0.1) is 0 Å². The zero-order valence-corrected chi connectivity index (χ0v) is 11.5. The van der Waals surface area contributed by atoms with Gasteiger partial charge in [0.05, 0.1) is 18.7 Å². The van der Waals surface area contributed by atoms with E-state index in [1.165, 1.54) is 0 Å². The molecule has 0 aromatic heterocycles. The maximum atomic E-state index is 10.9. The first-order valence-electron chi connectivity index (χ1n) is 6.12. The van der Waals surface area contributed by atoms with Crippen molar-refractivity contribution in [1.82, 2.24) is 0 Å². The molecule has 2 aromatic carbocycles. The average molecular weight is 291 g/mol. The lowest BCUT2D eigenvalue weighted by Gasteiger charge is -2.21. The molecule has 0 spiro atoms. The summed E-state index contributed by atoms with van der Waals surface area (Å²) in [6, 6.07) is 14.6. The van der Waals surface area contributed by atoms with Gasteiger partial charge >= 0.3 is 5.97 Å². The number of hydrazine groups is 1. The molecule has 0 aliphatic carbocycles. The topological polar surface area (TPSA) is 66.6 Å². The van der Waals surface area contributed by atoms with Crippen molar-refractivity contribution < 1.29 is 9.90 Å². The number of benzene rings is 2. The van der Waals surface area contributed by atoms with Gasteiger partial charge in [0, 0.05) is 5.02 Å².